The molecule has 0 aliphatic rings. The number of rotatable bonds is 4. The van der Waals surface area contributed by atoms with Crippen molar-refractivity contribution >= 4 is 16.8 Å². The average Bonchev–Trinajstić information content (AvgIpc) is 2.72. The van der Waals surface area contributed by atoms with E-state index in [1.807, 2.05) is 85.8 Å². The Kier molecular flexibility index (Phi) is 4.62. The number of benzene rings is 2. The number of hydrogen-bond acceptors (Lipinski definition) is 3. The van der Waals surface area contributed by atoms with E-state index in [1.165, 1.54) is 0 Å². The molecule has 2 aromatic heterocycles. The van der Waals surface area contributed by atoms with Crippen molar-refractivity contribution in [2.24, 2.45) is 0 Å². The van der Waals surface area contributed by atoms with Gasteiger partial charge in [-0.25, -0.2) is 0 Å². The highest BCUT2D eigenvalue weighted by Crippen LogP contribution is 2.22. The predicted molar refractivity (Wildman–Crippen MR) is 106 cm³/mol. The van der Waals surface area contributed by atoms with Crippen molar-refractivity contribution in [1.29, 1.82) is 0 Å². The van der Waals surface area contributed by atoms with Crippen LogP contribution in [0.2, 0.25) is 0 Å². The highest BCUT2D eigenvalue weighted by Gasteiger charge is 2.20. The molecule has 0 aliphatic heterocycles. The lowest BCUT2D eigenvalue weighted by atomic mass is 10.0. The van der Waals surface area contributed by atoms with Crippen LogP contribution in [-0.4, -0.2) is 15.9 Å². The number of nitrogens with zero attached hydrogens (tertiary/aromatic N) is 2. The molecule has 0 spiro atoms. The summed E-state index contributed by atoms with van der Waals surface area (Å²) in [4.78, 5) is 22.1. The van der Waals surface area contributed by atoms with Crippen LogP contribution in [0.25, 0.3) is 10.9 Å². The van der Waals surface area contributed by atoms with Crippen LogP contribution in [0.4, 0.5) is 0 Å². The number of carbonyl (C=O) groups is 1. The second-order valence-corrected chi connectivity index (χ2v) is 6.39. The van der Waals surface area contributed by atoms with Crippen molar-refractivity contribution in [1.82, 2.24) is 15.3 Å². The van der Waals surface area contributed by atoms with Crippen LogP contribution in [0.3, 0.4) is 0 Å². The zero-order chi connectivity index (χ0) is 18.6. The van der Waals surface area contributed by atoms with Gasteiger partial charge >= 0.3 is 0 Å². The highest BCUT2D eigenvalue weighted by atomic mass is 16.1. The predicted octanol–water partition coefficient (Wildman–Crippen LogP) is 4.46. The Hall–Kier alpha value is -3.53. The molecule has 0 radical (unpaired) electrons. The number of aromatic nitrogens is 2. The molecule has 1 unspecified atom stereocenters. The standard InChI is InChI=1S/C23H19N3O/c1-16-19(15-18-11-5-6-12-20(18)25-16)23(27)26-22(17-9-3-2-4-10-17)21-13-7-8-14-24-21/h2-15,22H,1H3,(H,26,27). The van der Waals surface area contributed by atoms with E-state index >= 15 is 0 Å². The summed E-state index contributed by atoms with van der Waals surface area (Å²) in [5, 5.41) is 4.08. The van der Waals surface area contributed by atoms with Crippen LogP contribution in [-0.2, 0) is 0 Å². The molecule has 2 heterocycles. The molecule has 1 amide bonds. The van der Waals surface area contributed by atoms with Gasteiger partial charge in [0.15, 0.2) is 0 Å². The molecule has 2 aromatic carbocycles. The Labute approximate surface area is 157 Å². The van der Waals surface area contributed by atoms with E-state index in [2.05, 4.69) is 15.3 Å². The Bertz CT molecular complexity index is 1040. The van der Waals surface area contributed by atoms with Gasteiger partial charge in [-0.1, -0.05) is 54.6 Å². The number of carbonyl (C=O) groups excluding carboxylic acids is 1. The smallest absolute Gasteiger partial charge is 0.253 e. The third kappa shape index (κ3) is 3.55. The lowest BCUT2D eigenvalue weighted by molar-refractivity contribution is 0.0941. The fourth-order valence-corrected chi connectivity index (χ4v) is 3.17. The molecular weight excluding hydrogens is 334 g/mol. The Morgan fingerprint density at radius 3 is 2.44 bits per heavy atom. The topological polar surface area (TPSA) is 54.9 Å². The van der Waals surface area contributed by atoms with E-state index < -0.39 is 0 Å². The SMILES string of the molecule is Cc1nc2ccccc2cc1C(=O)NC(c1ccccc1)c1ccccn1. The van der Waals surface area contributed by atoms with Gasteiger partial charge in [0.2, 0.25) is 0 Å². The number of pyridine rings is 2. The average molecular weight is 353 g/mol. The molecule has 1 N–H and O–H groups in total. The van der Waals surface area contributed by atoms with Gasteiger partial charge in [-0.05, 0) is 36.8 Å². The fourth-order valence-electron chi connectivity index (χ4n) is 3.17. The van der Waals surface area contributed by atoms with E-state index in [4.69, 9.17) is 0 Å². The fraction of sp³-hybridized carbons (Fsp3) is 0.0870. The first-order chi connectivity index (χ1) is 13.2. The molecule has 132 valence electrons. The number of nitrogens with one attached hydrogen (secondary N) is 1. The maximum Gasteiger partial charge on any atom is 0.253 e. The molecule has 4 nitrogen and oxygen atoms in total. The van der Waals surface area contributed by atoms with E-state index in [1.54, 1.807) is 6.20 Å². The summed E-state index contributed by atoms with van der Waals surface area (Å²) in [6, 6.07) is 24.9. The minimum absolute atomic E-state index is 0.162. The highest BCUT2D eigenvalue weighted by molar-refractivity contribution is 5.99. The van der Waals surface area contributed by atoms with Gasteiger partial charge < -0.3 is 5.32 Å². The van der Waals surface area contributed by atoms with Crippen LogP contribution in [0.15, 0.2) is 85.1 Å². The van der Waals surface area contributed by atoms with E-state index in [-0.39, 0.29) is 11.9 Å². The van der Waals surface area contributed by atoms with Crippen LogP contribution >= 0.6 is 0 Å². The number of amides is 1. The number of aryl methyl sites for hydroxylation is 1. The van der Waals surface area contributed by atoms with Crippen molar-refractivity contribution in [3.63, 3.8) is 0 Å². The third-order valence-electron chi connectivity index (χ3n) is 4.55. The van der Waals surface area contributed by atoms with Crippen LogP contribution in [0.1, 0.15) is 33.4 Å². The van der Waals surface area contributed by atoms with E-state index in [0.29, 0.717) is 11.3 Å². The largest absolute Gasteiger partial charge is 0.339 e. The second kappa shape index (κ2) is 7.38. The van der Waals surface area contributed by atoms with Gasteiger partial charge in [-0.3, -0.25) is 14.8 Å². The summed E-state index contributed by atoms with van der Waals surface area (Å²) < 4.78 is 0. The summed E-state index contributed by atoms with van der Waals surface area (Å²) in [6.45, 7) is 1.86. The molecule has 4 heteroatoms. The summed E-state index contributed by atoms with van der Waals surface area (Å²) in [6.07, 6.45) is 1.74. The summed E-state index contributed by atoms with van der Waals surface area (Å²) in [5.74, 6) is -0.162. The first-order valence-corrected chi connectivity index (χ1v) is 8.85. The lowest BCUT2D eigenvalue weighted by Gasteiger charge is -2.19. The van der Waals surface area contributed by atoms with Crippen molar-refractivity contribution in [2.75, 3.05) is 0 Å². The van der Waals surface area contributed by atoms with Gasteiger partial charge in [0.05, 0.1) is 28.5 Å². The lowest BCUT2D eigenvalue weighted by Crippen LogP contribution is -2.30. The van der Waals surface area contributed by atoms with Crippen LogP contribution in [0, 0.1) is 6.92 Å². The Balaban J connectivity index is 1.71. The van der Waals surface area contributed by atoms with Crippen molar-refractivity contribution in [3.8, 4) is 0 Å². The maximum absolute atomic E-state index is 13.1. The summed E-state index contributed by atoms with van der Waals surface area (Å²) in [5.41, 5.74) is 3.94. The van der Waals surface area contributed by atoms with Crippen LogP contribution < -0.4 is 5.32 Å². The molecule has 0 saturated heterocycles. The molecule has 0 saturated carbocycles. The normalized spacial score (nSPS) is 11.9. The number of fused-ring (bicyclic) bond motifs is 1. The van der Waals surface area contributed by atoms with Gasteiger partial charge in [-0.15, -0.1) is 0 Å². The van der Waals surface area contributed by atoms with Crippen molar-refractivity contribution < 1.29 is 4.79 Å². The Morgan fingerprint density at radius 2 is 1.67 bits per heavy atom. The quantitative estimate of drug-likeness (QED) is 0.589. The molecule has 4 rings (SSSR count). The molecule has 4 aromatic rings. The molecule has 27 heavy (non-hydrogen) atoms. The monoisotopic (exact) mass is 353 g/mol. The molecule has 0 bridgehead atoms. The summed E-state index contributed by atoms with van der Waals surface area (Å²) in [7, 11) is 0. The van der Waals surface area contributed by atoms with Gasteiger partial charge in [0, 0.05) is 11.6 Å². The number of hydrogen-bond donors (Lipinski definition) is 1. The molecule has 1 atom stereocenters. The first-order valence-electron chi connectivity index (χ1n) is 8.85. The number of para-hydroxylation sites is 1. The van der Waals surface area contributed by atoms with Crippen molar-refractivity contribution in [2.45, 2.75) is 13.0 Å². The second-order valence-electron chi connectivity index (χ2n) is 6.39. The minimum atomic E-state index is -0.328. The third-order valence-corrected chi connectivity index (χ3v) is 4.55. The molecular formula is C23H19N3O. The first kappa shape index (κ1) is 16.9. The molecule has 0 fully saturated rings. The van der Waals surface area contributed by atoms with Gasteiger partial charge in [0.1, 0.15) is 0 Å². The van der Waals surface area contributed by atoms with Gasteiger partial charge in [0.25, 0.3) is 5.91 Å². The van der Waals surface area contributed by atoms with E-state index in [0.717, 1.165) is 22.2 Å². The maximum atomic E-state index is 13.1. The molecule has 0 aliphatic carbocycles. The van der Waals surface area contributed by atoms with E-state index in [9.17, 15) is 4.79 Å². The van der Waals surface area contributed by atoms with Gasteiger partial charge in [-0.2, -0.15) is 0 Å². The van der Waals surface area contributed by atoms with Crippen molar-refractivity contribution in [3.05, 3.63) is 108 Å². The minimum Gasteiger partial charge on any atom is -0.339 e. The zero-order valence-corrected chi connectivity index (χ0v) is 15.0. The van der Waals surface area contributed by atoms with Crippen LogP contribution in [0.5, 0.6) is 0 Å². The Morgan fingerprint density at radius 1 is 0.926 bits per heavy atom. The summed E-state index contributed by atoms with van der Waals surface area (Å²) >= 11 is 0. The zero-order valence-electron chi connectivity index (χ0n) is 15.0.